The summed E-state index contributed by atoms with van der Waals surface area (Å²) < 4.78 is 0. The van der Waals surface area contributed by atoms with E-state index in [1.165, 1.54) is 0 Å². The van der Waals surface area contributed by atoms with Crippen molar-refractivity contribution in [3.05, 3.63) is 46.6 Å². The van der Waals surface area contributed by atoms with Crippen molar-refractivity contribution in [1.82, 2.24) is 10.3 Å². The van der Waals surface area contributed by atoms with Gasteiger partial charge in [0.05, 0.1) is 0 Å². The Bertz CT molecular complexity index is 628. The standard InChI is InChI=1S/C15H17ClN2O/c1-3-4-10(2)9-17-15(19)14-8-11-7-12(16)5-6-13(11)18-14/h4-8,18H,3,9H2,1-2H3,(H,17,19)/b10-4+. The van der Waals surface area contributed by atoms with Crippen LogP contribution in [0.4, 0.5) is 0 Å². The third kappa shape index (κ3) is 3.38. The molecule has 3 nitrogen and oxygen atoms in total. The van der Waals surface area contributed by atoms with Gasteiger partial charge in [-0.25, -0.2) is 0 Å². The van der Waals surface area contributed by atoms with E-state index < -0.39 is 0 Å². The maximum Gasteiger partial charge on any atom is 0.267 e. The van der Waals surface area contributed by atoms with Gasteiger partial charge in [-0.1, -0.05) is 30.2 Å². The summed E-state index contributed by atoms with van der Waals surface area (Å²) in [5.41, 5.74) is 2.63. The molecule has 1 heterocycles. The van der Waals surface area contributed by atoms with Crippen molar-refractivity contribution in [2.45, 2.75) is 20.3 Å². The molecule has 100 valence electrons. The van der Waals surface area contributed by atoms with Crippen molar-refractivity contribution >= 4 is 28.4 Å². The molecule has 0 saturated carbocycles. The zero-order valence-corrected chi connectivity index (χ0v) is 11.8. The molecule has 2 aromatic rings. The maximum atomic E-state index is 12.0. The van der Waals surface area contributed by atoms with Gasteiger partial charge in [0.15, 0.2) is 0 Å². The van der Waals surface area contributed by atoms with Crippen molar-refractivity contribution in [2.24, 2.45) is 0 Å². The van der Waals surface area contributed by atoms with Gasteiger partial charge in [0.2, 0.25) is 0 Å². The van der Waals surface area contributed by atoms with Gasteiger partial charge in [-0.3, -0.25) is 4.79 Å². The van der Waals surface area contributed by atoms with Crippen molar-refractivity contribution in [3.8, 4) is 0 Å². The average molecular weight is 277 g/mol. The lowest BCUT2D eigenvalue weighted by atomic mass is 10.2. The number of fused-ring (bicyclic) bond motifs is 1. The van der Waals surface area contributed by atoms with Gasteiger partial charge in [-0.05, 0) is 37.6 Å². The predicted molar refractivity (Wildman–Crippen MR) is 79.7 cm³/mol. The minimum Gasteiger partial charge on any atom is -0.351 e. The Kier molecular flexibility index (Phi) is 4.27. The highest BCUT2D eigenvalue weighted by Gasteiger charge is 2.09. The van der Waals surface area contributed by atoms with Crippen molar-refractivity contribution in [2.75, 3.05) is 6.54 Å². The minimum absolute atomic E-state index is 0.101. The van der Waals surface area contributed by atoms with E-state index in [-0.39, 0.29) is 5.91 Å². The smallest absolute Gasteiger partial charge is 0.267 e. The first-order chi connectivity index (χ1) is 9.10. The highest BCUT2D eigenvalue weighted by atomic mass is 35.5. The van der Waals surface area contributed by atoms with Gasteiger partial charge in [0.25, 0.3) is 5.91 Å². The first-order valence-electron chi connectivity index (χ1n) is 6.32. The first-order valence-corrected chi connectivity index (χ1v) is 6.70. The molecule has 2 N–H and O–H groups in total. The molecule has 0 atom stereocenters. The van der Waals surface area contributed by atoms with Crippen molar-refractivity contribution in [3.63, 3.8) is 0 Å². The summed E-state index contributed by atoms with van der Waals surface area (Å²) in [5, 5.41) is 4.50. The van der Waals surface area contributed by atoms with Crippen LogP contribution in [0.2, 0.25) is 5.02 Å². The highest BCUT2D eigenvalue weighted by Crippen LogP contribution is 2.20. The maximum absolute atomic E-state index is 12.0. The molecule has 19 heavy (non-hydrogen) atoms. The Labute approximate surface area is 117 Å². The van der Waals surface area contributed by atoms with E-state index in [1.54, 1.807) is 6.07 Å². The van der Waals surface area contributed by atoms with Crippen LogP contribution in [-0.2, 0) is 0 Å². The summed E-state index contributed by atoms with van der Waals surface area (Å²) in [6.45, 7) is 4.66. The van der Waals surface area contributed by atoms with Gasteiger partial charge in [-0.2, -0.15) is 0 Å². The molecule has 0 fully saturated rings. The third-order valence-electron chi connectivity index (χ3n) is 2.91. The quantitative estimate of drug-likeness (QED) is 0.817. The summed E-state index contributed by atoms with van der Waals surface area (Å²) in [6, 6.07) is 7.33. The Morgan fingerprint density at radius 3 is 2.95 bits per heavy atom. The fraction of sp³-hybridized carbons (Fsp3) is 0.267. The number of carbonyl (C=O) groups is 1. The molecule has 1 amide bonds. The van der Waals surface area contributed by atoms with Crippen LogP contribution in [0.25, 0.3) is 10.9 Å². The second-order valence-corrected chi connectivity index (χ2v) is 4.99. The van der Waals surface area contributed by atoms with E-state index in [2.05, 4.69) is 23.3 Å². The lowest BCUT2D eigenvalue weighted by Gasteiger charge is -2.03. The Morgan fingerprint density at radius 2 is 2.21 bits per heavy atom. The SMILES string of the molecule is CC/C=C(\C)CNC(=O)c1cc2cc(Cl)ccc2[nH]1. The lowest BCUT2D eigenvalue weighted by molar-refractivity contribution is 0.0953. The van der Waals surface area contributed by atoms with Crippen LogP contribution in [0.15, 0.2) is 35.9 Å². The summed E-state index contributed by atoms with van der Waals surface area (Å²) in [5.74, 6) is -0.101. The molecular formula is C15H17ClN2O. The molecule has 0 bridgehead atoms. The van der Waals surface area contributed by atoms with E-state index >= 15 is 0 Å². The van der Waals surface area contributed by atoms with Gasteiger partial charge in [0.1, 0.15) is 5.69 Å². The Morgan fingerprint density at radius 1 is 1.42 bits per heavy atom. The number of rotatable bonds is 4. The molecule has 0 aliphatic heterocycles. The molecule has 0 spiro atoms. The van der Waals surface area contributed by atoms with Crippen LogP contribution in [0, 0.1) is 0 Å². The number of allylic oxidation sites excluding steroid dienone is 1. The number of aromatic amines is 1. The van der Waals surface area contributed by atoms with E-state index in [9.17, 15) is 4.79 Å². The molecule has 1 aromatic carbocycles. The van der Waals surface area contributed by atoms with E-state index in [1.807, 2.05) is 25.1 Å². The van der Waals surface area contributed by atoms with Crippen LogP contribution in [0.5, 0.6) is 0 Å². The fourth-order valence-electron chi connectivity index (χ4n) is 1.96. The summed E-state index contributed by atoms with van der Waals surface area (Å²) in [7, 11) is 0. The number of benzene rings is 1. The average Bonchev–Trinajstić information content (AvgIpc) is 2.79. The van der Waals surface area contributed by atoms with Crippen molar-refractivity contribution in [1.29, 1.82) is 0 Å². The monoisotopic (exact) mass is 276 g/mol. The molecule has 0 saturated heterocycles. The van der Waals surface area contributed by atoms with Crippen molar-refractivity contribution < 1.29 is 4.79 Å². The van der Waals surface area contributed by atoms with Crippen LogP contribution in [0.1, 0.15) is 30.8 Å². The number of hydrogen-bond donors (Lipinski definition) is 2. The largest absolute Gasteiger partial charge is 0.351 e. The van der Waals surface area contributed by atoms with Gasteiger partial charge >= 0.3 is 0 Å². The number of nitrogens with one attached hydrogen (secondary N) is 2. The van der Waals surface area contributed by atoms with E-state index in [0.717, 1.165) is 22.9 Å². The zero-order chi connectivity index (χ0) is 13.8. The van der Waals surface area contributed by atoms with E-state index in [4.69, 9.17) is 11.6 Å². The number of carbonyl (C=O) groups excluding carboxylic acids is 1. The second kappa shape index (κ2) is 5.93. The predicted octanol–water partition coefficient (Wildman–Crippen LogP) is 3.91. The first kappa shape index (κ1) is 13.7. The number of aromatic nitrogens is 1. The van der Waals surface area contributed by atoms with Gasteiger partial charge in [0, 0.05) is 22.5 Å². The third-order valence-corrected chi connectivity index (χ3v) is 3.14. The Balaban J connectivity index is 2.11. The fourth-order valence-corrected chi connectivity index (χ4v) is 2.14. The number of H-pyrrole nitrogens is 1. The molecule has 0 aliphatic carbocycles. The summed E-state index contributed by atoms with van der Waals surface area (Å²) in [4.78, 5) is 15.1. The molecule has 1 aromatic heterocycles. The van der Waals surface area contributed by atoms with Crippen LogP contribution in [0.3, 0.4) is 0 Å². The zero-order valence-electron chi connectivity index (χ0n) is 11.1. The number of amides is 1. The second-order valence-electron chi connectivity index (χ2n) is 4.56. The normalized spacial score (nSPS) is 11.8. The topological polar surface area (TPSA) is 44.9 Å². The van der Waals surface area contributed by atoms with Crippen LogP contribution < -0.4 is 5.32 Å². The van der Waals surface area contributed by atoms with Gasteiger partial charge in [-0.15, -0.1) is 0 Å². The molecule has 0 radical (unpaired) electrons. The van der Waals surface area contributed by atoms with Crippen LogP contribution >= 0.6 is 11.6 Å². The summed E-state index contributed by atoms with van der Waals surface area (Å²) >= 11 is 5.92. The lowest BCUT2D eigenvalue weighted by Crippen LogP contribution is -2.25. The Hall–Kier alpha value is -1.74. The minimum atomic E-state index is -0.101. The summed E-state index contributed by atoms with van der Waals surface area (Å²) in [6.07, 6.45) is 3.08. The molecule has 4 heteroatoms. The van der Waals surface area contributed by atoms with Crippen LogP contribution in [-0.4, -0.2) is 17.4 Å². The highest BCUT2D eigenvalue weighted by molar-refractivity contribution is 6.31. The molecule has 0 aliphatic rings. The van der Waals surface area contributed by atoms with Gasteiger partial charge < -0.3 is 10.3 Å². The molecule has 2 rings (SSSR count). The number of halogens is 1. The molecule has 0 unspecified atom stereocenters. The number of hydrogen-bond acceptors (Lipinski definition) is 1. The molecular weight excluding hydrogens is 260 g/mol. The van der Waals surface area contributed by atoms with E-state index in [0.29, 0.717) is 17.3 Å².